The predicted molar refractivity (Wildman–Crippen MR) is 89.5 cm³/mol. The van der Waals surface area contributed by atoms with Crippen molar-refractivity contribution < 1.29 is 0 Å². The van der Waals surface area contributed by atoms with E-state index in [9.17, 15) is 0 Å². The fraction of sp³-hybridized carbons (Fsp3) is 0. The Morgan fingerprint density at radius 1 is 0.625 bits per heavy atom. The molecule has 4 rings (SSSR count). The summed E-state index contributed by atoms with van der Waals surface area (Å²) in [5.74, 6) is 0.606. The van der Waals surface area contributed by atoms with Crippen LogP contribution in [0.5, 0.6) is 0 Å². The zero-order valence-corrected chi connectivity index (χ0v) is 12.6. The Bertz CT molecular complexity index is 943. The molecule has 0 aliphatic carbocycles. The second kappa shape index (κ2) is 6.29. The molecule has 0 saturated carbocycles. The Balaban J connectivity index is 1.92. The first-order valence-electron chi connectivity index (χ1n) is 7.36. The molecular formula is C18H12N6. The minimum absolute atomic E-state index is 0.606. The van der Waals surface area contributed by atoms with Gasteiger partial charge >= 0.3 is 0 Å². The monoisotopic (exact) mass is 312 g/mol. The van der Waals surface area contributed by atoms with E-state index in [2.05, 4.69) is 24.9 Å². The van der Waals surface area contributed by atoms with Gasteiger partial charge in [0, 0.05) is 60.1 Å². The molecule has 114 valence electrons. The highest BCUT2D eigenvalue weighted by Gasteiger charge is 2.13. The van der Waals surface area contributed by atoms with Crippen LogP contribution in [0.4, 0.5) is 0 Å². The Hall–Kier alpha value is -3.54. The topological polar surface area (TPSA) is 77.3 Å². The maximum Gasteiger partial charge on any atom is 0.161 e. The van der Waals surface area contributed by atoms with Gasteiger partial charge < -0.3 is 0 Å². The third-order valence-electron chi connectivity index (χ3n) is 3.48. The van der Waals surface area contributed by atoms with E-state index < -0.39 is 0 Å². The molecule has 4 aromatic rings. The van der Waals surface area contributed by atoms with Gasteiger partial charge in [-0.2, -0.15) is 0 Å². The fourth-order valence-corrected chi connectivity index (χ4v) is 2.36. The van der Waals surface area contributed by atoms with E-state index in [0.29, 0.717) is 11.5 Å². The molecule has 0 unspecified atom stereocenters. The number of hydrogen-bond donors (Lipinski definition) is 0. The van der Waals surface area contributed by atoms with E-state index in [1.807, 2.05) is 24.3 Å². The van der Waals surface area contributed by atoms with Crippen LogP contribution in [0.1, 0.15) is 0 Å². The SMILES string of the molecule is c1cncc(-c2ncc(-c3cnccn3)c(-c3cccnc3)n2)c1. The van der Waals surface area contributed by atoms with E-state index in [1.54, 1.807) is 49.6 Å². The van der Waals surface area contributed by atoms with Gasteiger partial charge in [-0.15, -0.1) is 0 Å². The summed E-state index contributed by atoms with van der Waals surface area (Å²) in [6.07, 6.45) is 13.7. The maximum atomic E-state index is 4.73. The van der Waals surface area contributed by atoms with E-state index in [4.69, 9.17) is 4.98 Å². The molecule has 4 aromatic heterocycles. The quantitative estimate of drug-likeness (QED) is 0.578. The van der Waals surface area contributed by atoms with Crippen LogP contribution < -0.4 is 0 Å². The van der Waals surface area contributed by atoms with Gasteiger partial charge in [0.2, 0.25) is 0 Å². The van der Waals surface area contributed by atoms with Gasteiger partial charge in [-0.3, -0.25) is 19.9 Å². The predicted octanol–water partition coefficient (Wildman–Crippen LogP) is 3.06. The molecule has 0 atom stereocenters. The van der Waals surface area contributed by atoms with Crippen LogP contribution in [-0.2, 0) is 0 Å². The summed E-state index contributed by atoms with van der Waals surface area (Å²) in [5.41, 5.74) is 4.04. The largest absolute Gasteiger partial charge is 0.264 e. The Kier molecular flexibility index (Phi) is 3.69. The number of rotatable bonds is 3. The first-order valence-corrected chi connectivity index (χ1v) is 7.36. The lowest BCUT2D eigenvalue weighted by molar-refractivity contribution is 1.14. The molecule has 0 fully saturated rings. The van der Waals surface area contributed by atoms with E-state index >= 15 is 0 Å². The van der Waals surface area contributed by atoms with Gasteiger partial charge in [0.1, 0.15) is 0 Å². The molecule has 0 aromatic carbocycles. The van der Waals surface area contributed by atoms with Crippen molar-refractivity contribution in [2.45, 2.75) is 0 Å². The van der Waals surface area contributed by atoms with E-state index in [-0.39, 0.29) is 0 Å². The Morgan fingerprint density at radius 2 is 1.38 bits per heavy atom. The molecule has 4 heterocycles. The van der Waals surface area contributed by atoms with Crippen molar-refractivity contribution in [2.24, 2.45) is 0 Å². The van der Waals surface area contributed by atoms with Gasteiger partial charge in [0.15, 0.2) is 5.82 Å². The van der Waals surface area contributed by atoms with Crippen LogP contribution in [0, 0.1) is 0 Å². The number of pyridine rings is 2. The lowest BCUT2D eigenvalue weighted by Crippen LogP contribution is -1.97. The molecule has 0 amide bonds. The molecule has 0 saturated heterocycles. The smallest absolute Gasteiger partial charge is 0.161 e. The van der Waals surface area contributed by atoms with Gasteiger partial charge in [-0.25, -0.2) is 9.97 Å². The first-order chi connectivity index (χ1) is 11.9. The van der Waals surface area contributed by atoms with Crippen LogP contribution in [0.15, 0.2) is 73.8 Å². The summed E-state index contributed by atoms with van der Waals surface area (Å²) in [6, 6.07) is 7.63. The highest BCUT2D eigenvalue weighted by Crippen LogP contribution is 2.29. The van der Waals surface area contributed by atoms with Crippen molar-refractivity contribution in [3.05, 3.63) is 73.8 Å². The molecule has 0 spiro atoms. The van der Waals surface area contributed by atoms with Crippen LogP contribution >= 0.6 is 0 Å². The summed E-state index contributed by atoms with van der Waals surface area (Å²) in [5, 5.41) is 0. The van der Waals surface area contributed by atoms with Crippen molar-refractivity contribution in [1.82, 2.24) is 29.9 Å². The first kappa shape index (κ1) is 14.1. The van der Waals surface area contributed by atoms with Crippen LogP contribution in [0.25, 0.3) is 33.9 Å². The molecule has 0 bridgehead atoms. The van der Waals surface area contributed by atoms with Crippen molar-refractivity contribution in [3.8, 4) is 33.9 Å². The summed E-state index contributed by atoms with van der Waals surface area (Å²) in [6.45, 7) is 0. The second-order valence-electron chi connectivity index (χ2n) is 5.03. The van der Waals surface area contributed by atoms with Gasteiger partial charge in [0.25, 0.3) is 0 Å². The Morgan fingerprint density at radius 3 is 2.04 bits per heavy atom. The van der Waals surface area contributed by atoms with Crippen molar-refractivity contribution in [3.63, 3.8) is 0 Å². The van der Waals surface area contributed by atoms with Gasteiger partial charge in [0.05, 0.1) is 17.6 Å². The molecule has 0 aliphatic rings. The average molecular weight is 312 g/mol. The minimum Gasteiger partial charge on any atom is -0.264 e. The molecule has 24 heavy (non-hydrogen) atoms. The third-order valence-corrected chi connectivity index (χ3v) is 3.48. The standard InChI is InChI=1S/C18H12N6/c1-3-13(9-19-5-1)17-15(16-12-21-7-8-22-16)11-23-18(24-17)14-4-2-6-20-10-14/h1-12H. The second-order valence-corrected chi connectivity index (χ2v) is 5.03. The molecule has 0 aliphatic heterocycles. The molecular weight excluding hydrogens is 300 g/mol. The Labute approximate surface area is 138 Å². The van der Waals surface area contributed by atoms with Crippen molar-refractivity contribution in [2.75, 3.05) is 0 Å². The zero-order valence-electron chi connectivity index (χ0n) is 12.6. The summed E-state index contributed by atoms with van der Waals surface area (Å²) < 4.78 is 0. The minimum atomic E-state index is 0.606. The summed E-state index contributed by atoms with van der Waals surface area (Å²) in [7, 11) is 0. The molecule has 6 nitrogen and oxygen atoms in total. The van der Waals surface area contributed by atoms with E-state index in [0.717, 1.165) is 22.4 Å². The van der Waals surface area contributed by atoms with Crippen molar-refractivity contribution >= 4 is 0 Å². The zero-order chi connectivity index (χ0) is 16.2. The van der Waals surface area contributed by atoms with E-state index in [1.165, 1.54) is 0 Å². The lowest BCUT2D eigenvalue weighted by Gasteiger charge is -2.09. The molecule has 0 N–H and O–H groups in total. The highest BCUT2D eigenvalue weighted by molar-refractivity contribution is 5.79. The van der Waals surface area contributed by atoms with Crippen LogP contribution in [-0.4, -0.2) is 29.9 Å². The van der Waals surface area contributed by atoms with Crippen LogP contribution in [0.3, 0.4) is 0 Å². The molecule has 6 heteroatoms. The van der Waals surface area contributed by atoms with Crippen LogP contribution in [0.2, 0.25) is 0 Å². The number of aromatic nitrogens is 6. The number of nitrogens with zero attached hydrogens (tertiary/aromatic N) is 6. The lowest BCUT2D eigenvalue weighted by atomic mass is 10.1. The van der Waals surface area contributed by atoms with Gasteiger partial charge in [-0.05, 0) is 24.3 Å². The average Bonchev–Trinajstić information content (AvgIpc) is 2.69. The normalized spacial score (nSPS) is 10.5. The highest BCUT2D eigenvalue weighted by atomic mass is 14.9. The summed E-state index contributed by atoms with van der Waals surface area (Å²) >= 11 is 0. The summed E-state index contributed by atoms with van der Waals surface area (Å²) in [4.78, 5) is 26.0. The fourth-order valence-electron chi connectivity index (χ4n) is 2.36. The van der Waals surface area contributed by atoms with Crippen molar-refractivity contribution in [1.29, 1.82) is 0 Å². The maximum absolute atomic E-state index is 4.73. The third kappa shape index (κ3) is 2.72. The molecule has 0 radical (unpaired) electrons. The number of hydrogen-bond acceptors (Lipinski definition) is 6. The van der Waals surface area contributed by atoms with Gasteiger partial charge in [-0.1, -0.05) is 0 Å².